The fourth-order valence-corrected chi connectivity index (χ4v) is 9.33. The molecule has 0 rings (SSSR count). The van der Waals surface area contributed by atoms with Gasteiger partial charge in [-0.05, 0) is 19.3 Å². The van der Waals surface area contributed by atoms with Crippen LogP contribution < -0.4 is 0 Å². The quantitative estimate of drug-likeness (QED) is 0.0343. The van der Waals surface area contributed by atoms with Gasteiger partial charge in [-0.2, -0.15) is 0 Å². The molecule has 66 heavy (non-hydrogen) atoms. The summed E-state index contributed by atoms with van der Waals surface area (Å²) in [4.78, 5) is 38.0. The molecule has 6 nitrogen and oxygen atoms in total. The number of esters is 3. The molecule has 0 N–H and O–H groups in total. The first-order valence-corrected chi connectivity index (χ1v) is 30.0. The van der Waals surface area contributed by atoms with Crippen LogP contribution in [0.1, 0.15) is 348 Å². The number of carbonyl (C=O) groups excluding carboxylic acids is 3. The molecule has 392 valence electrons. The van der Waals surface area contributed by atoms with Crippen LogP contribution in [0, 0.1) is 0 Å². The minimum absolute atomic E-state index is 0.0613. The summed E-state index contributed by atoms with van der Waals surface area (Å²) in [6.45, 7) is 6.69. The van der Waals surface area contributed by atoms with Gasteiger partial charge in [0.25, 0.3) is 0 Å². The van der Waals surface area contributed by atoms with Crippen LogP contribution in [-0.4, -0.2) is 37.2 Å². The zero-order valence-corrected chi connectivity index (χ0v) is 45.0. The molecule has 0 aliphatic carbocycles. The number of hydrogen-bond acceptors (Lipinski definition) is 6. The highest BCUT2D eigenvalue weighted by Gasteiger charge is 2.19. The Morgan fingerprint density at radius 1 is 0.242 bits per heavy atom. The molecule has 0 aromatic rings. The number of rotatable bonds is 56. The van der Waals surface area contributed by atoms with Crippen molar-refractivity contribution in [2.75, 3.05) is 13.2 Å². The molecule has 0 spiro atoms. The van der Waals surface area contributed by atoms with Crippen molar-refractivity contribution in [2.45, 2.75) is 354 Å². The fraction of sp³-hybridized carbons (Fsp3) is 0.950. The van der Waals surface area contributed by atoms with E-state index in [2.05, 4.69) is 20.8 Å². The maximum Gasteiger partial charge on any atom is 0.306 e. The summed E-state index contributed by atoms with van der Waals surface area (Å²) in [5.41, 5.74) is 0. The fourth-order valence-electron chi connectivity index (χ4n) is 9.33. The summed E-state index contributed by atoms with van der Waals surface area (Å²) in [7, 11) is 0. The van der Waals surface area contributed by atoms with Gasteiger partial charge in [0.1, 0.15) is 13.2 Å². The van der Waals surface area contributed by atoms with Crippen molar-refractivity contribution >= 4 is 17.9 Å². The lowest BCUT2D eigenvalue weighted by Crippen LogP contribution is -2.30. The van der Waals surface area contributed by atoms with Crippen molar-refractivity contribution in [1.29, 1.82) is 0 Å². The molecule has 0 radical (unpaired) electrons. The molecule has 0 bridgehead atoms. The van der Waals surface area contributed by atoms with Crippen molar-refractivity contribution in [3.8, 4) is 0 Å². The Bertz CT molecular complexity index is 982. The number of carbonyl (C=O) groups is 3. The van der Waals surface area contributed by atoms with Crippen LogP contribution >= 0.6 is 0 Å². The van der Waals surface area contributed by atoms with Gasteiger partial charge in [0, 0.05) is 19.3 Å². The van der Waals surface area contributed by atoms with Gasteiger partial charge in [-0.25, -0.2) is 0 Å². The SMILES string of the molecule is CCCCCCCCCCCCCCCCCCCCCCCCCC(=O)OCC(COC(=O)CCCCCCCCCCC)OC(=O)CCCCCCCCCCCCCCCCCC. The van der Waals surface area contributed by atoms with Crippen LogP contribution in [0.4, 0.5) is 0 Å². The Labute approximate surface area is 412 Å². The minimum atomic E-state index is -0.760. The second kappa shape index (κ2) is 56.0. The second-order valence-corrected chi connectivity index (χ2v) is 20.6. The van der Waals surface area contributed by atoms with E-state index in [9.17, 15) is 14.4 Å². The van der Waals surface area contributed by atoms with Crippen molar-refractivity contribution in [1.82, 2.24) is 0 Å². The Kier molecular flexibility index (Phi) is 54.7. The van der Waals surface area contributed by atoms with Crippen molar-refractivity contribution in [3.63, 3.8) is 0 Å². The van der Waals surface area contributed by atoms with Crippen LogP contribution in [0.25, 0.3) is 0 Å². The Balaban J connectivity index is 4.14. The van der Waals surface area contributed by atoms with E-state index in [0.717, 1.165) is 57.8 Å². The van der Waals surface area contributed by atoms with E-state index in [-0.39, 0.29) is 31.1 Å². The average Bonchev–Trinajstić information content (AvgIpc) is 3.31. The van der Waals surface area contributed by atoms with Crippen LogP contribution in [-0.2, 0) is 28.6 Å². The molecule has 0 aromatic carbocycles. The van der Waals surface area contributed by atoms with E-state index in [1.165, 1.54) is 250 Å². The first kappa shape index (κ1) is 64.4. The molecule has 0 saturated carbocycles. The smallest absolute Gasteiger partial charge is 0.306 e. The molecule has 0 aliphatic rings. The van der Waals surface area contributed by atoms with Gasteiger partial charge in [0.15, 0.2) is 6.10 Å². The van der Waals surface area contributed by atoms with Crippen molar-refractivity contribution in [2.24, 2.45) is 0 Å². The molecular weight excluding hydrogens is 817 g/mol. The molecule has 0 saturated heterocycles. The van der Waals surface area contributed by atoms with Gasteiger partial charge < -0.3 is 14.2 Å². The highest BCUT2D eigenvalue weighted by atomic mass is 16.6. The third-order valence-electron chi connectivity index (χ3n) is 13.9. The molecule has 1 unspecified atom stereocenters. The standard InChI is InChI=1S/C60H116O6/c1-4-7-10-13-16-19-21-23-25-27-28-29-30-31-32-33-35-36-38-41-44-47-50-53-59(62)65-56-57(55-64-58(61)52-49-46-43-40-18-15-12-9-6-3)66-60(63)54-51-48-45-42-39-37-34-26-24-22-20-17-14-11-8-5-2/h57H,4-56H2,1-3H3. The lowest BCUT2D eigenvalue weighted by molar-refractivity contribution is -0.167. The lowest BCUT2D eigenvalue weighted by Gasteiger charge is -2.18. The lowest BCUT2D eigenvalue weighted by atomic mass is 10.0. The molecule has 1 atom stereocenters. The van der Waals surface area contributed by atoms with Crippen molar-refractivity contribution < 1.29 is 28.6 Å². The number of unbranched alkanes of at least 4 members (excludes halogenated alkanes) is 45. The third-order valence-corrected chi connectivity index (χ3v) is 13.9. The molecule has 0 aliphatic heterocycles. The van der Waals surface area contributed by atoms with Crippen LogP contribution in [0.2, 0.25) is 0 Å². The average molecular weight is 934 g/mol. The molecular formula is C60H116O6. The molecule has 6 heteroatoms. The highest BCUT2D eigenvalue weighted by Crippen LogP contribution is 2.18. The predicted octanol–water partition coefficient (Wildman–Crippen LogP) is 19.9. The van der Waals surface area contributed by atoms with Crippen LogP contribution in [0.3, 0.4) is 0 Å². The van der Waals surface area contributed by atoms with E-state index in [1.54, 1.807) is 0 Å². The zero-order valence-electron chi connectivity index (χ0n) is 45.0. The summed E-state index contributed by atoms with van der Waals surface area (Å²) in [5, 5.41) is 0. The van der Waals surface area contributed by atoms with Gasteiger partial charge in [-0.1, -0.05) is 310 Å². The summed E-state index contributed by atoms with van der Waals surface area (Å²) < 4.78 is 16.9. The molecule has 0 fully saturated rings. The summed E-state index contributed by atoms with van der Waals surface area (Å²) in [6, 6.07) is 0. The van der Waals surface area contributed by atoms with Gasteiger partial charge in [0.2, 0.25) is 0 Å². The molecule has 0 amide bonds. The first-order chi connectivity index (χ1) is 32.5. The molecule has 0 heterocycles. The Morgan fingerprint density at radius 3 is 0.606 bits per heavy atom. The summed E-state index contributed by atoms with van der Waals surface area (Å²) >= 11 is 0. The van der Waals surface area contributed by atoms with E-state index >= 15 is 0 Å². The third kappa shape index (κ3) is 53.4. The van der Waals surface area contributed by atoms with Gasteiger partial charge >= 0.3 is 17.9 Å². The summed E-state index contributed by atoms with van der Waals surface area (Å²) in [5.74, 6) is -0.835. The Hall–Kier alpha value is -1.59. The zero-order chi connectivity index (χ0) is 47.9. The highest BCUT2D eigenvalue weighted by molar-refractivity contribution is 5.71. The molecule has 0 aromatic heterocycles. The maximum atomic E-state index is 12.8. The predicted molar refractivity (Wildman–Crippen MR) is 284 cm³/mol. The topological polar surface area (TPSA) is 78.9 Å². The first-order valence-electron chi connectivity index (χ1n) is 30.0. The van der Waals surface area contributed by atoms with Gasteiger partial charge in [-0.3, -0.25) is 14.4 Å². The van der Waals surface area contributed by atoms with Crippen LogP contribution in [0.5, 0.6) is 0 Å². The van der Waals surface area contributed by atoms with E-state index in [4.69, 9.17) is 14.2 Å². The van der Waals surface area contributed by atoms with Crippen LogP contribution in [0.15, 0.2) is 0 Å². The van der Waals surface area contributed by atoms with Gasteiger partial charge in [0.05, 0.1) is 0 Å². The largest absolute Gasteiger partial charge is 0.462 e. The van der Waals surface area contributed by atoms with Crippen molar-refractivity contribution in [3.05, 3.63) is 0 Å². The van der Waals surface area contributed by atoms with E-state index < -0.39 is 6.10 Å². The summed E-state index contributed by atoms with van der Waals surface area (Å²) in [6.07, 6.45) is 62.6. The van der Waals surface area contributed by atoms with E-state index in [1.807, 2.05) is 0 Å². The maximum absolute atomic E-state index is 12.8. The minimum Gasteiger partial charge on any atom is -0.462 e. The Morgan fingerprint density at radius 2 is 0.409 bits per heavy atom. The van der Waals surface area contributed by atoms with Gasteiger partial charge in [-0.15, -0.1) is 0 Å². The second-order valence-electron chi connectivity index (χ2n) is 20.6. The monoisotopic (exact) mass is 933 g/mol. The number of hydrogen-bond donors (Lipinski definition) is 0. The number of ether oxygens (including phenoxy) is 3. The normalized spacial score (nSPS) is 11.9. The van der Waals surface area contributed by atoms with E-state index in [0.29, 0.717) is 19.3 Å².